The number of pyridine rings is 2. The molecule has 4 N–H and O–H groups in total. The summed E-state index contributed by atoms with van der Waals surface area (Å²) in [6.07, 6.45) is 7.48. The average Bonchev–Trinajstić information content (AvgIpc) is 1.22. The maximum absolute atomic E-state index is 14.5. The summed E-state index contributed by atoms with van der Waals surface area (Å²) in [5.41, 5.74) is 2.41. The number of piperazine rings is 2. The molecule has 0 radical (unpaired) electrons. The number of hydrogen-bond donors (Lipinski definition) is 4. The number of fused-ring (bicyclic) bond motifs is 2. The van der Waals surface area contributed by atoms with Gasteiger partial charge in [0.25, 0.3) is 0 Å². The number of methoxy groups -OCH3 is 2. The normalized spacial score (nSPS) is 19.1. The van der Waals surface area contributed by atoms with E-state index in [9.17, 15) is 51.4 Å². The summed E-state index contributed by atoms with van der Waals surface area (Å²) in [4.78, 5) is 114. The molecule has 26 nitrogen and oxygen atoms in total. The highest BCUT2D eigenvalue weighted by Crippen LogP contribution is 2.41. The first-order chi connectivity index (χ1) is 49.2. The molecule has 0 bridgehead atoms. The van der Waals surface area contributed by atoms with Gasteiger partial charge in [-0.2, -0.15) is 0 Å². The molecule has 14 rings (SSSR count). The Morgan fingerprint density at radius 3 is 1.60 bits per heavy atom. The number of carboxylic acid groups (broad SMARTS) is 2. The van der Waals surface area contributed by atoms with Crippen LogP contribution in [0, 0.1) is 23.3 Å². The second-order valence-electron chi connectivity index (χ2n) is 23.6. The molecule has 6 aliphatic rings. The number of rotatable bonds is 18. The third-order valence-corrected chi connectivity index (χ3v) is 19.5. The van der Waals surface area contributed by atoms with Crippen LogP contribution < -0.4 is 29.9 Å². The molecular weight excluding hydrogens is 1420 g/mol. The number of carbonyl (C=O) groups is 6. The number of urea groups is 2. The van der Waals surface area contributed by atoms with Crippen molar-refractivity contribution in [3.63, 3.8) is 0 Å². The summed E-state index contributed by atoms with van der Waals surface area (Å²) in [7, 11) is 2.55. The van der Waals surface area contributed by atoms with Crippen LogP contribution in [0.5, 0.6) is 23.0 Å². The quantitative estimate of drug-likeness (QED) is 0.0458. The fourth-order valence-corrected chi connectivity index (χ4v) is 14.2. The first-order valence-electron chi connectivity index (χ1n) is 31.1. The Kier molecular flexibility index (Phi) is 20.3. The highest BCUT2D eigenvalue weighted by atomic mass is 35.5. The van der Waals surface area contributed by atoms with Gasteiger partial charge in [-0.05, 0) is 72.8 Å². The number of aromatic nitrogens is 4. The number of benzene rings is 4. The van der Waals surface area contributed by atoms with Crippen molar-refractivity contribution in [1.29, 1.82) is 0 Å². The van der Waals surface area contributed by atoms with E-state index in [2.05, 4.69) is 40.4 Å². The molecular formula is C68H56Cl2F4N14O12S2. The third kappa shape index (κ3) is 14.7. The second kappa shape index (κ2) is 29.7. The number of halogens is 6. The predicted molar refractivity (Wildman–Crippen MR) is 365 cm³/mol. The summed E-state index contributed by atoms with van der Waals surface area (Å²) in [6, 6.07) is 16.3. The number of carboxylic acids is 2. The van der Waals surface area contributed by atoms with Gasteiger partial charge in [0, 0.05) is 121 Å². The van der Waals surface area contributed by atoms with Crippen LogP contribution in [0.25, 0.3) is 0 Å². The molecule has 0 saturated carbocycles. The smallest absolute Gasteiger partial charge is 0.338 e. The molecule has 34 heteroatoms. The van der Waals surface area contributed by atoms with E-state index in [1.807, 2.05) is 0 Å². The zero-order valence-corrected chi connectivity index (χ0v) is 56.7. The van der Waals surface area contributed by atoms with Crippen LogP contribution >= 0.6 is 45.9 Å². The minimum Gasteiger partial charge on any atom is -0.478 e. The van der Waals surface area contributed by atoms with E-state index >= 15 is 0 Å². The molecule has 8 aromatic rings. The van der Waals surface area contributed by atoms with Crippen LogP contribution in [0.1, 0.15) is 53.9 Å². The highest BCUT2D eigenvalue weighted by molar-refractivity contribution is 7.12. The van der Waals surface area contributed by atoms with Gasteiger partial charge in [0.05, 0.1) is 79.4 Å². The lowest BCUT2D eigenvalue weighted by molar-refractivity contribution is -0.137. The van der Waals surface area contributed by atoms with Crippen molar-refractivity contribution in [3.8, 4) is 23.0 Å². The zero-order chi connectivity index (χ0) is 71.6. The maximum Gasteiger partial charge on any atom is 0.338 e. The highest BCUT2D eigenvalue weighted by Gasteiger charge is 2.45. The summed E-state index contributed by atoms with van der Waals surface area (Å²) in [5, 5.41) is 29.9. The summed E-state index contributed by atoms with van der Waals surface area (Å²) < 4.78 is 78.4. The Hall–Kier alpha value is -10.9. The van der Waals surface area contributed by atoms with Crippen molar-refractivity contribution in [2.45, 2.75) is 24.2 Å². The Morgan fingerprint density at radius 1 is 0.569 bits per heavy atom. The van der Waals surface area contributed by atoms with E-state index in [0.29, 0.717) is 108 Å². The van der Waals surface area contributed by atoms with Gasteiger partial charge in [-0.15, -0.1) is 22.7 Å². The molecule has 0 unspecified atom stereocenters. The van der Waals surface area contributed by atoms with E-state index < -0.39 is 59.2 Å². The van der Waals surface area contributed by atoms with E-state index in [-0.39, 0.29) is 92.6 Å². The standard InChI is InChI=1S/2C34H28ClF2N7O6S/c1-49-33(47)28-25(40-30(31-38-8-11-51-31)41-29(28)22-5-3-19(36)13-23(22)35)17-42-9-10-43-20(15-42)16-44(34(43)48)27-7-4-21(14-39-27)50-26-12-18(32(45)46)2-6-24(26)37;1-49-33(47)28-26(40-30(31-39-6-9-51-31)41-29(28)23-4-3-19(36)11-24(23)35)17-42-7-8-43-21(15-42)16-44(34(43)48)20-12-22(14-38-13-20)50-27-5-2-18(32(45)46)10-25(27)37/h2-8,11-14,20,29H,9-10,15-17H2,1H3,(H,40,41)(H,45,46);2-6,9-14,21,29H,7-8,15-17H2,1H3,(H,40,41)(H,45,46)/t20-,29-;21-,29-/m00/s1. The number of anilines is 2. The van der Waals surface area contributed by atoms with Crippen LogP contribution in [0.15, 0.2) is 165 Å². The second-order valence-corrected chi connectivity index (χ2v) is 26.2. The van der Waals surface area contributed by atoms with Crippen molar-refractivity contribution < 1.29 is 75.5 Å². The molecule has 4 aromatic carbocycles. The SMILES string of the molecule is COC(=O)C1=C(CN2CCN3C(=O)N(c4ccc(Oc5cc(C(=O)O)ccc5F)cn4)C[C@@H]3C2)NC(c2nccs2)=N[C@H]1c1ccc(F)cc1Cl.COC(=O)C1=C(CN2CCN3C(=O)N(c4cncc(Oc5ccc(C(=O)O)cc5F)c4)C[C@@H]3C2)NC(c2nccs2)=N[C@H]1c1ccc(F)cc1Cl. The zero-order valence-electron chi connectivity index (χ0n) is 53.5. The molecule has 0 aliphatic carbocycles. The lowest BCUT2D eigenvalue weighted by Crippen LogP contribution is -2.53. The monoisotopic (exact) mass is 1470 g/mol. The van der Waals surface area contributed by atoms with Gasteiger partial charge < -0.3 is 49.6 Å². The van der Waals surface area contributed by atoms with Crippen molar-refractivity contribution in [2.75, 3.05) is 89.5 Å². The fourth-order valence-electron chi connectivity index (χ4n) is 12.5. The van der Waals surface area contributed by atoms with Gasteiger partial charge in [0.1, 0.15) is 41.0 Å². The van der Waals surface area contributed by atoms with Crippen molar-refractivity contribution in [1.82, 2.24) is 50.2 Å². The van der Waals surface area contributed by atoms with E-state index in [1.54, 1.807) is 54.9 Å². The molecule has 4 atom stereocenters. The first kappa shape index (κ1) is 69.6. The number of thiazole rings is 2. The number of aliphatic imine (C=N–C) groups is 2. The topological polar surface area (TPSA) is 300 Å². The van der Waals surface area contributed by atoms with Crippen LogP contribution in [0.3, 0.4) is 0 Å². The molecule has 4 saturated heterocycles. The van der Waals surface area contributed by atoms with Gasteiger partial charge in [0.2, 0.25) is 0 Å². The van der Waals surface area contributed by atoms with Crippen LogP contribution in [0.2, 0.25) is 10.0 Å². The molecule has 4 fully saturated rings. The molecule has 4 amide bonds. The van der Waals surface area contributed by atoms with Gasteiger partial charge in [-0.1, -0.05) is 35.3 Å². The molecule has 10 heterocycles. The first-order valence-corrected chi connectivity index (χ1v) is 33.7. The van der Waals surface area contributed by atoms with E-state index in [0.717, 1.165) is 24.3 Å². The molecule has 0 spiro atoms. The molecule has 102 heavy (non-hydrogen) atoms. The number of hydrogen-bond acceptors (Lipinski definition) is 22. The molecule has 4 aromatic heterocycles. The van der Waals surface area contributed by atoms with Gasteiger partial charge in [0.15, 0.2) is 44.8 Å². The van der Waals surface area contributed by atoms with E-state index in [4.69, 9.17) is 57.2 Å². The van der Waals surface area contributed by atoms with Crippen molar-refractivity contribution in [3.05, 3.63) is 221 Å². The minimum absolute atomic E-state index is 0.105. The largest absolute Gasteiger partial charge is 0.478 e. The van der Waals surface area contributed by atoms with Gasteiger partial charge in [-0.3, -0.25) is 34.6 Å². The Bertz CT molecular complexity index is 4770. The lowest BCUT2D eigenvalue weighted by Gasteiger charge is -2.38. The number of carbonyl (C=O) groups excluding carboxylic acids is 4. The van der Waals surface area contributed by atoms with Crippen LogP contribution in [0.4, 0.5) is 38.7 Å². The van der Waals surface area contributed by atoms with Crippen molar-refractivity contribution >= 4 is 105 Å². The number of nitrogens with zero attached hydrogens (tertiary/aromatic N) is 12. The summed E-state index contributed by atoms with van der Waals surface area (Å²) >= 11 is 15.7. The third-order valence-electron chi connectivity index (χ3n) is 17.3. The van der Waals surface area contributed by atoms with Crippen LogP contribution in [-0.4, -0.2) is 189 Å². The summed E-state index contributed by atoms with van der Waals surface area (Å²) in [6.45, 7) is 3.87. The molecule has 6 aliphatic heterocycles. The van der Waals surface area contributed by atoms with Gasteiger partial charge in [-0.25, -0.2) is 61.3 Å². The van der Waals surface area contributed by atoms with Crippen LogP contribution in [-0.2, 0) is 19.1 Å². The summed E-state index contributed by atoms with van der Waals surface area (Å²) in [5.74, 6) is -5.32. The predicted octanol–water partition coefficient (Wildman–Crippen LogP) is 10.2. The fraction of sp³-hybridized carbons (Fsp3) is 0.235. The van der Waals surface area contributed by atoms with Crippen molar-refractivity contribution in [2.24, 2.45) is 9.98 Å². The number of esters is 2. The number of nitrogens with one attached hydrogen (secondary N) is 2. The Labute approximate surface area is 595 Å². The van der Waals surface area contributed by atoms with Gasteiger partial charge >= 0.3 is 35.9 Å². The number of aromatic carboxylic acids is 2. The number of amides is 4. The number of amidine groups is 2. The average molecular weight is 1470 g/mol. The Balaban J connectivity index is 0.000000182. The molecule has 524 valence electrons. The number of ether oxygens (including phenoxy) is 4. The Morgan fingerprint density at radius 2 is 1.10 bits per heavy atom. The maximum atomic E-state index is 14.5. The minimum atomic E-state index is -1.27. The van der Waals surface area contributed by atoms with E-state index in [1.165, 1.54) is 110 Å². The lowest BCUT2D eigenvalue weighted by atomic mass is 9.95.